The zero-order chi connectivity index (χ0) is 14.2. The molecule has 116 valence electrons. The van der Waals surface area contributed by atoms with E-state index in [2.05, 4.69) is 12.2 Å². The molecule has 19 heavy (non-hydrogen) atoms. The Morgan fingerprint density at radius 3 is 2.00 bits per heavy atom. The van der Waals surface area contributed by atoms with Crippen LogP contribution in [-0.4, -0.2) is 63.9 Å². The van der Waals surface area contributed by atoms with Gasteiger partial charge in [0.05, 0.1) is 39.6 Å². The van der Waals surface area contributed by atoms with Crippen LogP contribution in [0.5, 0.6) is 0 Å². The van der Waals surface area contributed by atoms with Crippen molar-refractivity contribution < 1.29 is 19.3 Å². The van der Waals surface area contributed by atoms with Crippen molar-refractivity contribution in [3.05, 3.63) is 0 Å². The fraction of sp³-hybridized carbons (Fsp3) is 1.00. The van der Waals surface area contributed by atoms with Gasteiger partial charge in [-0.2, -0.15) is 0 Å². The van der Waals surface area contributed by atoms with Gasteiger partial charge in [0.15, 0.2) is 0 Å². The van der Waals surface area contributed by atoms with Crippen molar-refractivity contribution in [2.45, 2.75) is 39.2 Å². The van der Waals surface area contributed by atoms with Crippen LogP contribution in [0, 0.1) is 0 Å². The largest absolute Gasteiger partial charge is 0.395 e. The third kappa shape index (κ3) is 14.0. The highest BCUT2D eigenvalue weighted by Crippen LogP contribution is 1.89. The molecule has 0 fully saturated rings. The fourth-order valence-electron chi connectivity index (χ4n) is 1.46. The maximum Gasteiger partial charge on any atom is 0.0701 e. The summed E-state index contributed by atoms with van der Waals surface area (Å²) in [5, 5.41) is 12.2. The first-order chi connectivity index (χ1) is 9.35. The average Bonchev–Trinajstić information content (AvgIpc) is 2.44. The average molecular weight is 277 g/mol. The first-order valence-corrected chi connectivity index (χ1v) is 7.42. The molecule has 0 spiro atoms. The summed E-state index contributed by atoms with van der Waals surface area (Å²) in [7, 11) is 0. The number of hydrogen-bond acceptors (Lipinski definition) is 5. The molecule has 0 bridgehead atoms. The van der Waals surface area contributed by atoms with Crippen LogP contribution in [0.25, 0.3) is 0 Å². The summed E-state index contributed by atoms with van der Waals surface area (Å²) >= 11 is 0. The summed E-state index contributed by atoms with van der Waals surface area (Å²) < 4.78 is 16.2. The summed E-state index contributed by atoms with van der Waals surface area (Å²) in [4.78, 5) is 0. The molecule has 0 aliphatic carbocycles. The van der Waals surface area contributed by atoms with Gasteiger partial charge in [-0.15, -0.1) is 0 Å². The number of nitrogens with one attached hydrogen (secondary N) is 1. The summed E-state index contributed by atoms with van der Waals surface area (Å²) in [5.41, 5.74) is 0. The molecule has 0 aliphatic heterocycles. The number of aliphatic hydroxyl groups excluding tert-OH is 1. The smallest absolute Gasteiger partial charge is 0.0701 e. The van der Waals surface area contributed by atoms with Crippen LogP contribution < -0.4 is 5.32 Å². The van der Waals surface area contributed by atoms with Gasteiger partial charge < -0.3 is 24.6 Å². The van der Waals surface area contributed by atoms with Crippen molar-refractivity contribution in [2.24, 2.45) is 0 Å². The van der Waals surface area contributed by atoms with Crippen molar-refractivity contribution >= 4 is 0 Å². The number of hydrogen-bond donors (Lipinski definition) is 2. The Morgan fingerprint density at radius 2 is 1.47 bits per heavy atom. The third-order valence-electron chi connectivity index (χ3n) is 2.78. The van der Waals surface area contributed by atoms with E-state index in [1.54, 1.807) is 0 Å². The Labute approximate surface area is 117 Å². The van der Waals surface area contributed by atoms with Gasteiger partial charge in [-0.1, -0.05) is 20.3 Å². The molecule has 0 rings (SSSR count). The van der Waals surface area contributed by atoms with Gasteiger partial charge in [0, 0.05) is 19.2 Å². The van der Waals surface area contributed by atoms with Crippen LogP contribution in [-0.2, 0) is 14.2 Å². The Balaban J connectivity index is 3.02. The lowest BCUT2D eigenvalue weighted by atomic mass is 10.2. The SMILES string of the molecule is CCCCOCCOCCOCCNC(CC)CO. The van der Waals surface area contributed by atoms with Crippen LogP contribution in [0.15, 0.2) is 0 Å². The second-order valence-corrected chi connectivity index (χ2v) is 4.43. The molecular formula is C14H31NO4. The van der Waals surface area contributed by atoms with Gasteiger partial charge >= 0.3 is 0 Å². The normalized spacial score (nSPS) is 12.8. The molecule has 0 radical (unpaired) electrons. The molecule has 0 aromatic carbocycles. The second kappa shape index (κ2) is 15.9. The van der Waals surface area contributed by atoms with Gasteiger partial charge in [-0.05, 0) is 12.8 Å². The van der Waals surface area contributed by atoms with Crippen molar-refractivity contribution in [2.75, 3.05) is 52.8 Å². The molecule has 1 unspecified atom stereocenters. The second-order valence-electron chi connectivity index (χ2n) is 4.43. The first kappa shape index (κ1) is 18.8. The number of unbranched alkanes of at least 4 members (excludes halogenated alkanes) is 1. The molecule has 0 aliphatic rings. The standard InChI is InChI=1S/C14H31NO4/c1-3-5-7-17-9-11-19-12-10-18-8-6-15-14(4-2)13-16/h14-16H,3-13H2,1-2H3. The summed E-state index contributed by atoms with van der Waals surface area (Å²) in [6, 6.07) is 0.181. The molecular weight excluding hydrogens is 246 g/mol. The van der Waals surface area contributed by atoms with Gasteiger partial charge in [0.2, 0.25) is 0 Å². The zero-order valence-corrected chi connectivity index (χ0v) is 12.5. The van der Waals surface area contributed by atoms with Crippen LogP contribution in [0.3, 0.4) is 0 Å². The van der Waals surface area contributed by atoms with E-state index in [1.165, 1.54) is 0 Å². The van der Waals surface area contributed by atoms with E-state index < -0.39 is 0 Å². The third-order valence-corrected chi connectivity index (χ3v) is 2.78. The Kier molecular flexibility index (Phi) is 15.7. The predicted molar refractivity (Wildman–Crippen MR) is 76.5 cm³/mol. The fourth-order valence-corrected chi connectivity index (χ4v) is 1.46. The highest BCUT2D eigenvalue weighted by Gasteiger charge is 2.01. The van der Waals surface area contributed by atoms with Crippen molar-refractivity contribution in [3.8, 4) is 0 Å². The van der Waals surface area contributed by atoms with Gasteiger partial charge in [-0.25, -0.2) is 0 Å². The molecule has 0 saturated heterocycles. The highest BCUT2D eigenvalue weighted by atomic mass is 16.5. The van der Waals surface area contributed by atoms with E-state index in [0.717, 1.165) is 32.4 Å². The van der Waals surface area contributed by atoms with E-state index in [1.807, 2.05) is 6.92 Å². The topological polar surface area (TPSA) is 60.0 Å². The van der Waals surface area contributed by atoms with Crippen LogP contribution in [0.1, 0.15) is 33.1 Å². The maximum absolute atomic E-state index is 8.97. The maximum atomic E-state index is 8.97. The molecule has 5 heteroatoms. The minimum Gasteiger partial charge on any atom is -0.395 e. The quantitative estimate of drug-likeness (QED) is 0.440. The Morgan fingerprint density at radius 1 is 0.895 bits per heavy atom. The van der Waals surface area contributed by atoms with E-state index in [9.17, 15) is 0 Å². The Bertz CT molecular complexity index is 166. The molecule has 0 amide bonds. The van der Waals surface area contributed by atoms with Crippen molar-refractivity contribution in [1.29, 1.82) is 0 Å². The molecule has 0 saturated carbocycles. The van der Waals surface area contributed by atoms with Crippen molar-refractivity contribution in [1.82, 2.24) is 5.32 Å². The van der Waals surface area contributed by atoms with Gasteiger partial charge in [0.1, 0.15) is 0 Å². The van der Waals surface area contributed by atoms with E-state index in [0.29, 0.717) is 33.0 Å². The zero-order valence-electron chi connectivity index (χ0n) is 12.5. The van der Waals surface area contributed by atoms with E-state index in [4.69, 9.17) is 19.3 Å². The van der Waals surface area contributed by atoms with E-state index in [-0.39, 0.29) is 12.6 Å². The Hall–Kier alpha value is -0.200. The van der Waals surface area contributed by atoms with Crippen LogP contribution in [0.2, 0.25) is 0 Å². The molecule has 0 heterocycles. The van der Waals surface area contributed by atoms with Crippen LogP contribution in [0.4, 0.5) is 0 Å². The number of ether oxygens (including phenoxy) is 3. The van der Waals surface area contributed by atoms with E-state index >= 15 is 0 Å². The summed E-state index contributed by atoms with van der Waals surface area (Å²) in [5.74, 6) is 0. The number of aliphatic hydroxyl groups is 1. The number of rotatable bonds is 15. The van der Waals surface area contributed by atoms with Gasteiger partial charge in [0.25, 0.3) is 0 Å². The molecule has 2 N–H and O–H groups in total. The van der Waals surface area contributed by atoms with Crippen molar-refractivity contribution in [3.63, 3.8) is 0 Å². The lowest BCUT2D eigenvalue weighted by Crippen LogP contribution is -2.34. The molecule has 5 nitrogen and oxygen atoms in total. The van der Waals surface area contributed by atoms with Crippen LogP contribution >= 0.6 is 0 Å². The predicted octanol–water partition coefficient (Wildman–Crippen LogP) is 1.20. The molecule has 1 atom stereocenters. The minimum absolute atomic E-state index is 0.178. The highest BCUT2D eigenvalue weighted by molar-refractivity contribution is 4.61. The lowest BCUT2D eigenvalue weighted by Gasteiger charge is -2.13. The molecule has 0 aromatic rings. The first-order valence-electron chi connectivity index (χ1n) is 7.42. The minimum atomic E-state index is 0.178. The summed E-state index contributed by atoms with van der Waals surface area (Å²) in [6.45, 7) is 9.11. The molecule has 0 aromatic heterocycles. The van der Waals surface area contributed by atoms with Gasteiger partial charge in [-0.3, -0.25) is 0 Å². The summed E-state index contributed by atoms with van der Waals surface area (Å²) in [6.07, 6.45) is 3.21. The monoisotopic (exact) mass is 277 g/mol. The lowest BCUT2D eigenvalue weighted by molar-refractivity contribution is 0.0142.